The maximum absolute atomic E-state index is 4.02. The molecule has 0 unspecified atom stereocenters. The second-order valence-electron chi connectivity index (χ2n) is 5.28. The number of hydrogen-bond acceptors (Lipinski definition) is 2. The Balaban J connectivity index is 0.00000139. The molecule has 2 heteroatoms. The maximum atomic E-state index is 4.02. The number of rotatable bonds is 3. The third-order valence-electron chi connectivity index (χ3n) is 3.92. The minimum Gasteiger partial charge on any atom is -0.316 e. The highest BCUT2D eigenvalue weighted by Crippen LogP contribution is 2.47. The van der Waals surface area contributed by atoms with Crippen molar-refractivity contribution in [3.63, 3.8) is 0 Å². The molecule has 1 nitrogen and oxygen atoms in total. The Bertz CT molecular complexity index is 604. The Morgan fingerprint density at radius 3 is 2.25 bits per heavy atom. The average Bonchev–Trinajstić information content (AvgIpc) is 2.65. The Labute approximate surface area is 152 Å². The molecule has 0 aliphatic carbocycles. The van der Waals surface area contributed by atoms with E-state index < -0.39 is 0 Å². The minimum atomic E-state index is 1.06. The van der Waals surface area contributed by atoms with E-state index in [2.05, 4.69) is 56.6 Å². The molecule has 1 saturated heterocycles. The van der Waals surface area contributed by atoms with E-state index in [9.17, 15) is 0 Å². The molecule has 2 aliphatic rings. The summed E-state index contributed by atoms with van der Waals surface area (Å²) in [5.74, 6) is 0. The first kappa shape index (κ1) is 20.5. The predicted octanol–water partition coefficient (Wildman–Crippen LogP) is 6.47. The lowest BCUT2D eigenvalue weighted by Crippen LogP contribution is -2.24. The first-order valence-electron chi connectivity index (χ1n) is 8.87. The molecule has 0 spiro atoms. The van der Waals surface area contributed by atoms with Gasteiger partial charge < -0.3 is 5.32 Å². The summed E-state index contributed by atoms with van der Waals surface area (Å²) in [5.41, 5.74) is 5.54. The van der Waals surface area contributed by atoms with Gasteiger partial charge in [-0.15, -0.1) is 0 Å². The van der Waals surface area contributed by atoms with Gasteiger partial charge in [-0.1, -0.05) is 80.8 Å². The lowest BCUT2D eigenvalue weighted by Gasteiger charge is -2.29. The van der Waals surface area contributed by atoms with Crippen LogP contribution in [-0.2, 0) is 0 Å². The summed E-state index contributed by atoms with van der Waals surface area (Å²) in [5, 5.41) is 3.45. The van der Waals surface area contributed by atoms with Crippen LogP contribution in [0.5, 0.6) is 0 Å². The van der Waals surface area contributed by atoms with Crippen LogP contribution in [-0.4, -0.2) is 13.1 Å². The zero-order valence-corrected chi connectivity index (χ0v) is 16.4. The zero-order chi connectivity index (χ0) is 17.9. The molecule has 1 N–H and O–H groups in total. The lowest BCUT2D eigenvalue weighted by molar-refractivity contribution is 0.606. The topological polar surface area (TPSA) is 12.0 Å². The monoisotopic (exact) mass is 341 g/mol. The maximum Gasteiger partial charge on any atom is 0.0195 e. The van der Waals surface area contributed by atoms with Gasteiger partial charge in [0.05, 0.1) is 0 Å². The van der Waals surface area contributed by atoms with Crippen molar-refractivity contribution in [1.29, 1.82) is 0 Å². The minimum absolute atomic E-state index is 1.06. The smallest absolute Gasteiger partial charge is 0.0195 e. The van der Waals surface area contributed by atoms with Crippen LogP contribution in [0.25, 0.3) is 0 Å². The van der Waals surface area contributed by atoms with E-state index in [1.165, 1.54) is 26.5 Å². The third-order valence-corrected chi connectivity index (χ3v) is 5.20. The summed E-state index contributed by atoms with van der Waals surface area (Å²) in [6.45, 7) is 18.2. The molecule has 2 rings (SSSR count). The van der Waals surface area contributed by atoms with Crippen LogP contribution >= 0.6 is 11.8 Å². The first-order chi connectivity index (χ1) is 11.8. The fraction of sp³-hybridized carbons (Fsp3) is 0.364. The van der Waals surface area contributed by atoms with Crippen LogP contribution in [0.4, 0.5) is 0 Å². The molecule has 130 valence electrons. The molecular formula is C22H31NS. The number of allylic oxidation sites excluding steroid dienone is 9. The van der Waals surface area contributed by atoms with Crippen molar-refractivity contribution in [2.75, 3.05) is 13.1 Å². The van der Waals surface area contributed by atoms with E-state index in [0.717, 1.165) is 25.9 Å². The Kier molecular flexibility index (Phi) is 9.51. The summed E-state index contributed by atoms with van der Waals surface area (Å²) in [6.07, 6.45) is 14.8. The highest BCUT2D eigenvalue weighted by atomic mass is 32.2. The highest BCUT2D eigenvalue weighted by molar-refractivity contribution is 8.07. The van der Waals surface area contributed by atoms with E-state index in [4.69, 9.17) is 0 Å². The predicted molar refractivity (Wildman–Crippen MR) is 112 cm³/mol. The van der Waals surface area contributed by atoms with Crippen molar-refractivity contribution in [1.82, 2.24) is 5.32 Å². The van der Waals surface area contributed by atoms with Gasteiger partial charge in [0.2, 0.25) is 0 Å². The van der Waals surface area contributed by atoms with Crippen LogP contribution in [0.2, 0.25) is 0 Å². The van der Waals surface area contributed by atoms with Gasteiger partial charge in [-0.05, 0) is 56.5 Å². The molecule has 0 atom stereocenters. The third kappa shape index (κ3) is 4.75. The number of hydrogen-bond donors (Lipinski definition) is 1. The molecule has 24 heavy (non-hydrogen) atoms. The van der Waals surface area contributed by atoms with Crippen molar-refractivity contribution in [3.8, 4) is 0 Å². The summed E-state index contributed by atoms with van der Waals surface area (Å²) < 4.78 is 0. The zero-order valence-electron chi connectivity index (χ0n) is 15.6. The molecule has 0 saturated carbocycles. The molecular weight excluding hydrogens is 310 g/mol. The standard InChI is InChI=1S/C20H25NS.C2H6/c1-5-9-16-18(7-3)22-19(8-4)17(10-6-2)20(16)15-11-13-21-14-12-15;1-2/h5-10,21H,1,4,11-14H2,2-3H3;1-2H3/b10-6-,16-9+,18-7+;. The Morgan fingerprint density at radius 2 is 1.75 bits per heavy atom. The van der Waals surface area contributed by atoms with Crippen LogP contribution in [0.1, 0.15) is 40.5 Å². The lowest BCUT2D eigenvalue weighted by atomic mass is 9.86. The molecule has 0 aromatic carbocycles. The molecule has 0 radical (unpaired) electrons. The second-order valence-corrected chi connectivity index (χ2v) is 6.37. The summed E-state index contributed by atoms with van der Waals surface area (Å²) in [4.78, 5) is 2.54. The SMILES string of the molecule is C=C/C=C1/C(=C2CCNCC2)C(/C=C\C)=C(C=C)S/C1=C/C.CC. The van der Waals surface area contributed by atoms with Crippen molar-refractivity contribution in [2.45, 2.75) is 40.5 Å². The van der Waals surface area contributed by atoms with Gasteiger partial charge >= 0.3 is 0 Å². The van der Waals surface area contributed by atoms with Crippen LogP contribution in [0.15, 0.2) is 81.7 Å². The van der Waals surface area contributed by atoms with Crippen LogP contribution < -0.4 is 5.32 Å². The molecule has 0 amide bonds. The fourth-order valence-electron chi connectivity index (χ4n) is 2.96. The van der Waals surface area contributed by atoms with Gasteiger partial charge in [0, 0.05) is 9.81 Å². The normalized spacial score (nSPS) is 22.0. The Morgan fingerprint density at radius 1 is 1.08 bits per heavy atom. The van der Waals surface area contributed by atoms with E-state index in [-0.39, 0.29) is 0 Å². The van der Waals surface area contributed by atoms with Crippen LogP contribution in [0.3, 0.4) is 0 Å². The van der Waals surface area contributed by atoms with Crippen molar-refractivity contribution in [2.24, 2.45) is 0 Å². The van der Waals surface area contributed by atoms with Crippen molar-refractivity contribution in [3.05, 3.63) is 81.7 Å². The molecule has 0 aromatic heterocycles. The fourth-order valence-corrected chi connectivity index (χ4v) is 3.96. The molecule has 0 bridgehead atoms. The van der Waals surface area contributed by atoms with Gasteiger partial charge in [0.25, 0.3) is 0 Å². The number of nitrogens with one attached hydrogen (secondary N) is 1. The first-order valence-corrected chi connectivity index (χ1v) is 9.68. The largest absolute Gasteiger partial charge is 0.316 e. The van der Waals surface area contributed by atoms with Crippen molar-refractivity contribution < 1.29 is 0 Å². The molecule has 2 aliphatic heterocycles. The van der Waals surface area contributed by atoms with E-state index in [1.54, 1.807) is 17.3 Å². The molecule has 0 aromatic rings. The van der Waals surface area contributed by atoms with Gasteiger partial charge in [-0.2, -0.15) is 0 Å². The average molecular weight is 342 g/mol. The summed E-state index contributed by atoms with van der Waals surface area (Å²) in [6, 6.07) is 0. The highest BCUT2D eigenvalue weighted by Gasteiger charge is 2.26. The summed E-state index contributed by atoms with van der Waals surface area (Å²) >= 11 is 1.80. The van der Waals surface area contributed by atoms with Gasteiger partial charge in [0.1, 0.15) is 0 Å². The second kappa shape index (κ2) is 11.1. The summed E-state index contributed by atoms with van der Waals surface area (Å²) in [7, 11) is 0. The van der Waals surface area contributed by atoms with Gasteiger partial charge in [-0.3, -0.25) is 0 Å². The molecule has 1 fully saturated rings. The number of piperidine rings is 1. The quantitative estimate of drug-likeness (QED) is 0.631. The number of thioether (sulfide) groups is 1. The molecule has 2 heterocycles. The van der Waals surface area contributed by atoms with Crippen LogP contribution in [0, 0.1) is 0 Å². The van der Waals surface area contributed by atoms with E-state index in [1.807, 2.05) is 26.0 Å². The van der Waals surface area contributed by atoms with E-state index >= 15 is 0 Å². The van der Waals surface area contributed by atoms with Gasteiger partial charge in [-0.25, -0.2) is 0 Å². The van der Waals surface area contributed by atoms with E-state index in [0.29, 0.717) is 0 Å². The Hall–Kier alpha value is -1.51. The van der Waals surface area contributed by atoms with Gasteiger partial charge in [0.15, 0.2) is 0 Å². The van der Waals surface area contributed by atoms with Crippen molar-refractivity contribution >= 4 is 11.8 Å².